The van der Waals surface area contributed by atoms with Gasteiger partial charge in [-0.25, -0.2) is 4.98 Å². The Bertz CT molecular complexity index is 807. The molecule has 1 amide bonds. The molecule has 0 radical (unpaired) electrons. The van der Waals surface area contributed by atoms with Crippen molar-refractivity contribution in [3.05, 3.63) is 52.7 Å². The van der Waals surface area contributed by atoms with Crippen LogP contribution < -0.4 is 15.5 Å². The maximum absolute atomic E-state index is 12.8. The summed E-state index contributed by atoms with van der Waals surface area (Å²) in [6.45, 7) is 2.93. The number of nitrogens with zero attached hydrogens (tertiary/aromatic N) is 2. The van der Waals surface area contributed by atoms with E-state index in [-0.39, 0.29) is 5.56 Å². The Labute approximate surface area is 153 Å². The second-order valence-electron chi connectivity index (χ2n) is 5.79. The third kappa shape index (κ3) is 4.25. The molecule has 0 saturated carbocycles. The molecule has 0 aliphatic carbocycles. The van der Waals surface area contributed by atoms with Crippen LogP contribution in [-0.2, 0) is 6.18 Å². The van der Waals surface area contributed by atoms with Crippen LogP contribution in [0, 0.1) is 0 Å². The summed E-state index contributed by atoms with van der Waals surface area (Å²) < 4.78 is 38.5. The molecule has 0 unspecified atom stereocenters. The summed E-state index contributed by atoms with van der Waals surface area (Å²) in [5.41, 5.74) is -0.607. The number of benzene rings is 1. The number of alkyl halides is 3. The highest BCUT2D eigenvalue weighted by molar-refractivity contribution is 6.31. The van der Waals surface area contributed by atoms with Crippen molar-refractivity contribution in [2.24, 2.45) is 0 Å². The largest absolute Gasteiger partial charge is 0.416 e. The molecule has 2 aromatic rings. The molecular formula is C17H16ClF3N4O. The Morgan fingerprint density at radius 3 is 2.65 bits per heavy atom. The van der Waals surface area contributed by atoms with Crippen LogP contribution in [0.1, 0.15) is 15.9 Å². The fourth-order valence-electron chi connectivity index (χ4n) is 2.68. The molecule has 5 nitrogen and oxygen atoms in total. The van der Waals surface area contributed by atoms with E-state index in [0.717, 1.165) is 25.2 Å². The average molecular weight is 385 g/mol. The summed E-state index contributed by atoms with van der Waals surface area (Å²) in [5.74, 6) is -0.118. The number of amides is 1. The zero-order valence-corrected chi connectivity index (χ0v) is 14.4. The molecule has 1 aromatic heterocycles. The van der Waals surface area contributed by atoms with Crippen LogP contribution in [-0.4, -0.2) is 37.1 Å². The number of carbonyl (C=O) groups is 1. The first-order valence-electron chi connectivity index (χ1n) is 7.94. The summed E-state index contributed by atoms with van der Waals surface area (Å²) in [6.07, 6.45) is -3.04. The Morgan fingerprint density at radius 2 is 1.96 bits per heavy atom. The summed E-state index contributed by atoms with van der Waals surface area (Å²) in [5, 5.41) is 6.16. The number of halogens is 4. The first kappa shape index (κ1) is 18.5. The lowest BCUT2D eigenvalue weighted by atomic mass is 10.1. The van der Waals surface area contributed by atoms with E-state index in [1.165, 1.54) is 24.4 Å². The first-order valence-corrected chi connectivity index (χ1v) is 8.32. The van der Waals surface area contributed by atoms with Gasteiger partial charge in [-0.15, -0.1) is 0 Å². The molecule has 1 aliphatic rings. The quantitative estimate of drug-likeness (QED) is 0.851. The maximum Gasteiger partial charge on any atom is 0.416 e. The molecule has 3 rings (SSSR count). The maximum atomic E-state index is 12.8. The van der Waals surface area contributed by atoms with Gasteiger partial charge in [0.05, 0.1) is 16.3 Å². The van der Waals surface area contributed by atoms with E-state index in [1.807, 2.05) is 4.90 Å². The lowest BCUT2D eigenvalue weighted by molar-refractivity contribution is -0.137. The molecule has 0 bridgehead atoms. The van der Waals surface area contributed by atoms with Gasteiger partial charge < -0.3 is 15.5 Å². The van der Waals surface area contributed by atoms with Gasteiger partial charge >= 0.3 is 6.18 Å². The van der Waals surface area contributed by atoms with Gasteiger partial charge in [-0.3, -0.25) is 4.79 Å². The van der Waals surface area contributed by atoms with Gasteiger partial charge in [0.2, 0.25) is 0 Å². The smallest absolute Gasteiger partial charge is 0.352 e. The molecule has 9 heteroatoms. The molecule has 2 heterocycles. The standard InChI is InChI=1S/C17H16ClF3N4O/c18-13-9-14(15(23-10-13)25-6-4-22-5-7-25)24-16(26)11-2-1-3-12(8-11)17(19,20)21/h1-3,8-10,22H,4-7H2,(H,24,26). The molecule has 2 N–H and O–H groups in total. The van der Waals surface area contributed by atoms with Crippen LogP contribution in [0.2, 0.25) is 5.02 Å². The predicted molar refractivity (Wildman–Crippen MR) is 93.7 cm³/mol. The minimum absolute atomic E-state index is 0.0916. The Morgan fingerprint density at radius 1 is 1.23 bits per heavy atom. The van der Waals surface area contributed by atoms with Gasteiger partial charge in [0.1, 0.15) is 0 Å². The number of nitrogens with one attached hydrogen (secondary N) is 2. The molecular weight excluding hydrogens is 369 g/mol. The number of carbonyl (C=O) groups excluding carboxylic acids is 1. The van der Waals surface area contributed by atoms with E-state index in [1.54, 1.807) is 0 Å². The second-order valence-corrected chi connectivity index (χ2v) is 6.23. The van der Waals surface area contributed by atoms with E-state index in [2.05, 4.69) is 15.6 Å². The number of rotatable bonds is 3. The molecule has 138 valence electrons. The van der Waals surface area contributed by atoms with E-state index < -0.39 is 17.6 Å². The van der Waals surface area contributed by atoms with Crippen molar-refractivity contribution in [1.82, 2.24) is 10.3 Å². The molecule has 1 fully saturated rings. The van der Waals surface area contributed by atoms with Crippen LogP contribution in [0.25, 0.3) is 0 Å². The molecule has 0 atom stereocenters. The summed E-state index contributed by atoms with van der Waals surface area (Å²) in [4.78, 5) is 18.7. The fourth-order valence-corrected chi connectivity index (χ4v) is 2.84. The van der Waals surface area contributed by atoms with Crippen LogP contribution in [0.15, 0.2) is 36.5 Å². The van der Waals surface area contributed by atoms with Gasteiger partial charge in [-0.2, -0.15) is 13.2 Å². The summed E-state index contributed by atoms with van der Waals surface area (Å²) in [6, 6.07) is 5.80. The van der Waals surface area contributed by atoms with Crippen LogP contribution in [0.3, 0.4) is 0 Å². The van der Waals surface area contributed by atoms with Crippen molar-refractivity contribution in [3.63, 3.8) is 0 Å². The highest BCUT2D eigenvalue weighted by atomic mass is 35.5. The van der Waals surface area contributed by atoms with Crippen LogP contribution >= 0.6 is 11.6 Å². The first-order chi connectivity index (χ1) is 12.3. The van der Waals surface area contributed by atoms with Crippen molar-refractivity contribution in [2.75, 3.05) is 36.4 Å². The predicted octanol–water partition coefficient (Wildman–Crippen LogP) is 3.42. The van der Waals surface area contributed by atoms with E-state index in [4.69, 9.17) is 11.6 Å². The normalized spacial score (nSPS) is 15.0. The van der Waals surface area contributed by atoms with Crippen LogP contribution in [0.4, 0.5) is 24.7 Å². The number of anilines is 2. The number of piperazine rings is 1. The number of pyridine rings is 1. The molecule has 26 heavy (non-hydrogen) atoms. The van der Waals surface area contributed by atoms with E-state index >= 15 is 0 Å². The topological polar surface area (TPSA) is 57.3 Å². The third-order valence-electron chi connectivity index (χ3n) is 3.95. The minimum atomic E-state index is -4.51. The Balaban J connectivity index is 1.86. The van der Waals surface area contributed by atoms with Crippen LogP contribution in [0.5, 0.6) is 0 Å². The Kier molecular flexibility index (Phi) is 5.33. The monoisotopic (exact) mass is 384 g/mol. The van der Waals surface area contributed by atoms with Crippen molar-refractivity contribution in [2.45, 2.75) is 6.18 Å². The van der Waals surface area contributed by atoms with Crippen molar-refractivity contribution in [1.29, 1.82) is 0 Å². The van der Waals surface area contributed by atoms with Crippen molar-refractivity contribution < 1.29 is 18.0 Å². The number of hydrogen-bond donors (Lipinski definition) is 2. The van der Waals surface area contributed by atoms with E-state index in [9.17, 15) is 18.0 Å². The highest BCUT2D eigenvalue weighted by Gasteiger charge is 2.31. The summed E-state index contributed by atoms with van der Waals surface area (Å²) in [7, 11) is 0. The average Bonchev–Trinajstić information content (AvgIpc) is 2.62. The minimum Gasteiger partial charge on any atom is -0.352 e. The van der Waals surface area contributed by atoms with Gasteiger partial charge in [-0.05, 0) is 24.3 Å². The van der Waals surface area contributed by atoms with Gasteiger partial charge in [-0.1, -0.05) is 17.7 Å². The Hall–Kier alpha value is -2.32. The second kappa shape index (κ2) is 7.51. The number of aromatic nitrogens is 1. The van der Waals surface area contributed by atoms with Gasteiger partial charge in [0, 0.05) is 37.9 Å². The van der Waals surface area contributed by atoms with Crippen molar-refractivity contribution in [3.8, 4) is 0 Å². The fraction of sp³-hybridized carbons (Fsp3) is 0.294. The van der Waals surface area contributed by atoms with E-state index in [0.29, 0.717) is 29.6 Å². The van der Waals surface area contributed by atoms with Gasteiger partial charge in [0.25, 0.3) is 5.91 Å². The molecule has 1 aromatic carbocycles. The number of hydrogen-bond acceptors (Lipinski definition) is 4. The molecule has 1 aliphatic heterocycles. The highest BCUT2D eigenvalue weighted by Crippen LogP contribution is 2.30. The SMILES string of the molecule is O=C(Nc1cc(Cl)cnc1N1CCNCC1)c1cccc(C(F)(F)F)c1. The summed E-state index contributed by atoms with van der Waals surface area (Å²) >= 11 is 5.98. The zero-order chi connectivity index (χ0) is 18.7. The lowest BCUT2D eigenvalue weighted by Crippen LogP contribution is -2.44. The molecule has 1 saturated heterocycles. The molecule has 0 spiro atoms. The zero-order valence-electron chi connectivity index (χ0n) is 13.6. The van der Waals surface area contributed by atoms with Crippen molar-refractivity contribution >= 4 is 29.0 Å². The van der Waals surface area contributed by atoms with Gasteiger partial charge in [0.15, 0.2) is 5.82 Å². The third-order valence-corrected chi connectivity index (χ3v) is 4.16. The lowest BCUT2D eigenvalue weighted by Gasteiger charge is -2.30.